The molecule has 2 amide bonds. The Labute approximate surface area is 170 Å². The molecule has 1 aliphatic heterocycles. The third-order valence-corrected chi connectivity index (χ3v) is 4.60. The molecule has 154 valence electrons. The predicted molar refractivity (Wildman–Crippen MR) is 111 cm³/mol. The molecule has 7 heteroatoms. The summed E-state index contributed by atoms with van der Waals surface area (Å²) in [5, 5.41) is 2.80. The number of ether oxygens (including phenoxy) is 3. The summed E-state index contributed by atoms with van der Waals surface area (Å²) in [7, 11) is 1.55. The van der Waals surface area contributed by atoms with Crippen LogP contribution >= 0.6 is 0 Å². The van der Waals surface area contributed by atoms with Crippen molar-refractivity contribution in [2.45, 2.75) is 26.2 Å². The van der Waals surface area contributed by atoms with Crippen LogP contribution in [0.4, 0.5) is 11.4 Å². The van der Waals surface area contributed by atoms with Crippen molar-refractivity contribution in [3.63, 3.8) is 0 Å². The number of amides is 2. The maximum atomic E-state index is 12.3. The van der Waals surface area contributed by atoms with Crippen molar-refractivity contribution in [3.8, 4) is 17.2 Å². The van der Waals surface area contributed by atoms with E-state index in [1.165, 1.54) is 0 Å². The van der Waals surface area contributed by atoms with Crippen LogP contribution in [0.5, 0.6) is 17.2 Å². The van der Waals surface area contributed by atoms with Crippen LogP contribution in [0.15, 0.2) is 42.5 Å². The molecular weight excluding hydrogens is 372 g/mol. The number of carbonyl (C=O) groups excluding carboxylic acids is 2. The third-order valence-electron chi connectivity index (χ3n) is 4.60. The van der Waals surface area contributed by atoms with E-state index < -0.39 is 0 Å². The summed E-state index contributed by atoms with van der Waals surface area (Å²) in [4.78, 5) is 26.3. The Balaban J connectivity index is 1.65. The van der Waals surface area contributed by atoms with Gasteiger partial charge in [0.05, 0.1) is 12.8 Å². The highest BCUT2D eigenvalue weighted by molar-refractivity contribution is 5.99. The maximum Gasteiger partial charge on any atom is 0.265 e. The number of nitrogens with one attached hydrogen (secondary N) is 1. The van der Waals surface area contributed by atoms with Crippen molar-refractivity contribution in [2.24, 2.45) is 0 Å². The first-order chi connectivity index (χ1) is 14.1. The second kappa shape index (κ2) is 9.82. The van der Waals surface area contributed by atoms with Crippen LogP contribution in [0.2, 0.25) is 0 Å². The van der Waals surface area contributed by atoms with Gasteiger partial charge in [0.15, 0.2) is 24.7 Å². The number of carbonyl (C=O) groups is 2. The molecule has 1 aliphatic rings. The molecule has 2 aromatic carbocycles. The highest BCUT2D eigenvalue weighted by atomic mass is 16.5. The van der Waals surface area contributed by atoms with Crippen LogP contribution in [0.25, 0.3) is 0 Å². The average Bonchev–Trinajstić information content (AvgIpc) is 2.74. The number of rotatable bonds is 9. The van der Waals surface area contributed by atoms with E-state index in [1.807, 2.05) is 12.1 Å². The summed E-state index contributed by atoms with van der Waals surface area (Å²) >= 11 is 0. The summed E-state index contributed by atoms with van der Waals surface area (Å²) in [6.07, 6.45) is 3.05. The van der Waals surface area contributed by atoms with Crippen molar-refractivity contribution >= 4 is 23.2 Å². The first-order valence-electron chi connectivity index (χ1n) is 9.75. The normalized spacial score (nSPS) is 12.8. The van der Waals surface area contributed by atoms with Gasteiger partial charge in [0.2, 0.25) is 0 Å². The van der Waals surface area contributed by atoms with Crippen LogP contribution < -0.4 is 24.4 Å². The first kappa shape index (κ1) is 20.5. The van der Waals surface area contributed by atoms with Gasteiger partial charge >= 0.3 is 0 Å². The monoisotopic (exact) mass is 398 g/mol. The zero-order valence-corrected chi connectivity index (χ0v) is 16.8. The van der Waals surface area contributed by atoms with Gasteiger partial charge in [0.1, 0.15) is 5.75 Å². The van der Waals surface area contributed by atoms with Crippen LogP contribution in [-0.2, 0) is 9.59 Å². The van der Waals surface area contributed by atoms with E-state index >= 15 is 0 Å². The van der Waals surface area contributed by atoms with Gasteiger partial charge in [-0.1, -0.05) is 31.9 Å². The molecule has 2 aromatic rings. The zero-order valence-electron chi connectivity index (χ0n) is 16.8. The van der Waals surface area contributed by atoms with Crippen molar-refractivity contribution in [2.75, 3.05) is 37.1 Å². The number of hydrogen-bond donors (Lipinski definition) is 1. The zero-order chi connectivity index (χ0) is 20.6. The molecule has 0 fully saturated rings. The maximum absolute atomic E-state index is 12.3. The summed E-state index contributed by atoms with van der Waals surface area (Å²) in [5.74, 6) is 1.32. The Morgan fingerprint density at radius 3 is 2.72 bits per heavy atom. The number of nitrogens with zero attached hydrogens (tertiary/aromatic N) is 1. The van der Waals surface area contributed by atoms with E-state index in [4.69, 9.17) is 14.2 Å². The second-order valence-electron chi connectivity index (χ2n) is 6.71. The molecule has 1 heterocycles. The molecule has 0 atom stereocenters. The van der Waals surface area contributed by atoms with Crippen molar-refractivity contribution in [1.82, 2.24) is 0 Å². The number of unbranched alkanes of at least 4 members (excludes halogenated alkanes) is 2. The summed E-state index contributed by atoms with van der Waals surface area (Å²) in [5.41, 5.74) is 1.26. The van der Waals surface area contributed by atoms with Crippen molar-refractivity contribution in [3.05, 3.63) is 42.5 Å². The fourth-order valence-electron chi connectivity index (χ4n) is 3.12. The largest absolute Gasteiger partial charge is 0.493 e. The molecular formula is C22H26N2O5. The number of methoxy groups -OCH3 is 1. The fourth-order valence-corrected chi connectivity index (χ4v) is 3.12. The van der Waals surface area contributed by atoms with Gasteiger partial charge in [-0.15, -0.1) is 0 Å². The van der Waals surface area contributed by atoms with E-state index in [-0.39, 0.29) is 25.0 Å². The number of fused-ring (bicyclic) bond motifs is 1. The molecule has 0 bridgehead atoms. The minimum atomic E-state index is -0.309. The molecule has 0 saturated heterocycles. The van der Waals surface area contributed by atoms with Gasteiger partial charge in [0.25, 0.3) is 11.8 Å². The molecule has 29 heavy (non-hydrogen) atoms. The standard InChI is InChI=1S/C22H26N2O5/c1-3-4-7-12-24-17-13-16(10-11-18(17)29-15-22(24)26)23-21(25)14-28-20-9-6-5-8-19(20)27-2/h5-6,8-11,13H,3-4,7,12,14-15H2,1-2H3,(H,23,25). The minimum absolute atomic E-state index is 0.0393. The number of para-hydroxylation sites is 2. The second-order valence-corrected chi connectivity index (χ2v) is 6.71. The SMILES string of the molecule is CCCCCN1C(=O)COc2ccc(NC(=O)COc3ccccc3OC)cc21. The van der Waals surface area contributed by atoms with Gasteiger partial charge in [-0.05, 0) is 36.8 Å². The average molecular weight is 398 g/mol. The Bertz CT molecular complexity index is 868. The Morgan fingerprint density at radius 2 is 1.97 bits per heavy atom. The lowest BCUT2D eigenvalue weighted by atomic mass is 10.1. The predicted octanol–water partition coefficient (Wildman–Crippen LogP) is 3.63. The highest BCUT2D eigenvalue weighted by Crippen LogP contribution is 2.35. The van der Waals surface area contributed by atoms with E-state index in [9.17, 15) is 9.59 Å². The molecule has 0 saturated carbocycles. The van der Waals surface area contributed by atoms with E-state index in [2.05, 4.69) is 12.2 Å². The van der Waals surface area contributed by atoms with Gasteiger partial charge in [-0.2, -0.15) is 0 Å². The lowest BCUT2D eigenvalue weighted by Gasteiger charge is -2.29. The molecule has 3 rings (SSSR count). The van der Waals surface area contributed by atoms with Crippen LogP contribution in [0.1, 0.15) is 26.2 Å². The van der Waals surface area contributed by atoms with Crippen LogP contribution in [0, 0.1) is 0 Å². The lowest BCUT2D eigenvalue weighted by molar-refractivity contribution is -0.121. The van der Waals surface area contributed by atoms with Gasteiger partial charge in [-0.3, -0.25) is 9.59 Å². The Morgan fingerprint density at radius 1 is 1.17 bits per heavy atom. The van der Waals surface area contributed by atoms with E-state index in [0.29, 0.717) is 35.2 Å². The first-order valence-corrected chi connectivity index (χ1v) is 9.75. The summed E-state index contributed by atoms with van der Waals surface area (Å²) in [6, 6.07) is 12.4. The topological polar surface area (TPSA) is 77.1 Å². The van der Waals surface area contributed by atoms with Crippen molar-refractivity contribution < 1.29 is 23.8 Å². The molecule has 7 nitrogen and oxygen atoms in total. The summed E-state index contributed by atoms with van der Waals surface area (Å²) in [6.45, 7) is 2.64. The lowest BCUT2D eigenvalue weighted by Crippen LogP contribution is -2.39. The van der Waals surface area contributed by atoms with E-state index in [1.54, 1.807) is 42.3 Å². The van der Waals surface area contributed by atoms with Crippen molar-refractivity contribution in [1.29, 1.82) is 0 Å². The molecule has 0 aromatic heterocycles. The Hall–Kier alpha value is -3.22. The van der Waals surface area contributed by atoms with Crippen LogP contribution in [0.3, 0.4) is 0 Å². The van der Waals surface area contributed by atoms with E-state index in [0.717, 1.165) is 19.3 Å². The molecule has 0 radical (unpaired) electrons. The number of hydrogen-bond acceptors (Lipinski definition) is 5. The smallest absolute Gasteiger partial charge is 0.265 e. The highest BCUT2D eigenvalue weighted by Gasteiger charge is 2.25. The quantitative estimate of drug-likeness (QED) is 0.653. The minimum Gasteiger partial charge on any atom is -0.493 e. The van der Waals surface area contributed by atoms with Crippen LogP contribution in [-0.4, -0.2) is 38.7 Å². The third kappa shape index (κ3) is 5.19. The van der Waals surface area contributed by atoms with Gasteiger partial charge < -0.3 is 24.4 Å². The Kier molecular flexibility index (Phi) is 6.94. The summed E-state index contributed by atoms with van der Waals surface area (Å²) < 4.78 is 16.3. The molecule has 0 spiro atoms. The molecule has 0 unspecified atom stereocenters. The molecule has 1 N–H and O–H groups in total. The number of anilines is 2. The fraction of sp³-hybridized carbons (Fsp3) is 0.364. The van der Waals surface area contributed by atoms with Gasteiger partial charge in [0, 0.05) is 12.2 Å². The molecule has 0 aliphatic carbocycles. The van der Waals surface area contributed by atoms with Gasteiger partial charge in [-0.25, -0.2) is 0 Å². The number of benzene rings is 2.